The molecule has 9 heteroatoms. The van der Waals surface area contributed by atoms with Crippen LogP contribution in [0.3, 0.4) is 0 Å². The Morgan fingerprint density at radius 3 is 2.76 bits per heavy atom. The molecule has 1 fully saturated rings. The van der Waals surface area contributed by atoms with Gasteiger partial charge in [-0.1, -0.05) is 11.6 Å². The van der Waals surface area contributed by atoms with Crippen LogP contribution in [0.1, 0.15) is 15.9 Å². The zero-order valence-electron chi connectivity index (χ0n) is 12.8. The summed E-state index contributed by atoms with van der Waals surface area (Å²) in [5, 5.41) is 20.0. The first-order valence-electron chi connectivity index (χ1n) is 7.24. The average molecular weight is 359 g/mol. The predicted molar refractivity (Wildman–Crippen MR) is 87.4 cm³/mol. The number of carbonyl (C=O) groups is 1. The Balaban J connectivity index is 1.64. The van der Waals surface area contributed by atoms with Crippen LogP contribution in [0.4, 0.5) is 5.69 Å². The summed E-state index contributed by atoms with van der Waals surface area (Å²) in [6, 6.07) is 8.99. The quantitative estimate of drug-likeness (QED) is 0.613. The van der Waals surface area contributed by atoms with Crippen LogP contribution in [0, 0.1) is 21.4 Å². The lowest BCUT2D eigenvalue weighted by atomic mass is 10.1. The third kappa shape index (κ3) is 3.51. The van der Waals surface area contributed by atoms with E-state index in [0.29, 0.717) is 11.4 Å². The number of rotatable bonds is 4. The van der Waals surface area contributed by atoms with Gasteiger partial charge in [-0.05, 0) is 18.2 Å². The Kier molecular flexibility index (Phi) is 4.50. The van der Waals surface area contributed by atoms with Crippen molar-refractivity contribution in [3.8, 4) is 11.9 Å². The zero-order valence-corrected chi connectivity index (χ0v) is 13.5. The van der Waals surface area contributed by atoms with E-state index in [1.165, 1.54) is 29.3 Å². The lowest BCUT2D eigenvalue weighted by Crippen LogP contribution is -2.56. The van der Waals surface area contributed by atoms with Gasteiger partial charge in [-0.2, -0.15) is 5.26 Å². The van der Waals surface area contributed by atoms with E-state index in [0.717, 1.165) is 0 Å². The van der Waals surface area contributed by atoms with Crippen molar-refractivity contribution in [2.24, 2.45) is 0 Å². The molecule has 0 spiro atoms. The molecule has 25 heavy (non-hydrogen) atoms. The molecule has 8 nitrogen and oxygen atoms in total. The molecule has 0 atom stereocenters. The topological polar surface area (TPSA) is 109 Å². The predicted octanol–water partition coefficient (Wildman–Crippen LogP) is 2.42. The summed E-state index contributed by atoms with van der Waals surface area (Å²) in [5.41, 5.74) is 0.0889. The summed E-state index contributed by atoms with van der Waals surface area (Å²) in [6.45, 7) is 0.564. The van der Waals surface area contributed by atoms with Crippen molar-refractivity contribution in [2.45, 2.75) is 6.10 Å². The van der Waals surface area contributed by atoms with Gasteiger partial charge in [0.1, 0.15) is 17.7 Å². The van der Waals surface area contributed by atoms with Gasteiger partial charge in [0.05, 0.1) is 23.6 Å². The lowest BCUT2D eigenvalue weighted by molar-refractivity contribution is -0.385. The Morgan fingerprint density at radius 1 is 1.40 bits per heavy atom. The SMILES string of the molecule is N#Cc1ccc(OC2CN(C(=O)c3cc(Cl)ccc3[N+](=O)[O-])C2)nc1. The largest absolute Gasteiger partial charge is 0.471 e. The standard InChI is InChI=1S/C16H11ClN4O4/c17-11-2-3-14(21(23)24)13(5-11)16(22)20-8-12(9-20)25-15-4-1-10(6-18)7-19-15/h1-5,7,12H,8-9H2. The molecule has 1 aliphatic heterocycles. The van der Waals surface area contributed by atoms with Crippen molar-refractivity contribution in [3.63, 3.8) is 0 Å². The third-order valence-electron chi connectivity index (χ3n) is 3.67. The fourth-order valence-corrected chi connectivity index (χ4v) is 2.55. The molecule has 0 radical (unpaired) electrons. The number of benzene rings is 1. The van der Waals surface area contributed by atoms with E-state index < -0.39 is 10.8 Å². The smallest absolute Gasteiger partial charge is 0.282 e. The molecule has 1 aliphatic rings. The first kappa shape index (κ1) is 16.7. The van der Waals surface area contributed by atoms with Crippen molar-refractivity contribution in [2.75, 3.05) is 13.1 Å². The molecule has 1 aromatic carbocycles. The van der Waals surface area contributed by atoms with Gasteiger partial charge in [0.15, 0.2) is 0 Å². The number of hydrogen-bond acceptors (Lipinski definition) is 6. The van der Waals surface area contributed by atoms with Gasteiger partial charge in [0.2, 0.25) is 5.88 Å². The van der Waals surface area contributed by atoms with E-state index in [2.05, 4.69) is 4.98 Å². The number of halogens is 1. The molecule has 1 saturated heterocycles. The molecule has 0 bridgehead atoms. The maximum absolute atomic E-state index is 12.4. The van der Waals surface area contributed by atoms with Gasteiger partial charge in [-0.25, -0.2) is 4.98 Å². The van der Waals surface area contributed by atoms with Crippen molar-refractivity contribution in [1.82, 2.24) is 9.88 Å². The second-order valence-corrected chi connectivity index (χ2v) is 5.80. The average Bonchev–Trinajstić information content (AvgIpc) is 2.57. The van der Waals surface area contributed by atoms with Crippen molar-refractivity contribution < 1.29 is 14.5 Å². The Bertz CT molecular complexity index is 873. The minimum absolute atomic E-state index is 0.0487. The third-order valence-corrected chi connectivity index (χ3v) is 3.91. The summed E-state index contributed by atoms with van der Waals surface area (Å²) in [5.74, 6) is -0.119. The van der Waals surface area contributed by atoms with Crippen molar-refractivity contribution in [3.05, 3.63) is 62.8 Å². The fourth-order valence-electron chi connectivity index (χ4n) is 2.37. The van der Waals surface area contributed by atoms with E-state index in [1.807, 2.05) is 6.07 Å². The molecule has 3 rings (SSSR count). The molecular weight excluding hydrogens is 348 g/mol. The molecule has 126 valence electrons. The summed E-state index contributed by atoms with van der Waals surface area (Å²) >= 11 is 5.84. The van der Waals surface area contributed by atoms with E-state index in [1.54, 1.807) is 12.1 Å². The highest BCUT2D eigenvalue weighted by molar-refractivity contribution is 6.31. The zero-order chi connectivity index (χ0) is 18.0. The Labute approximate surface area is 147 Å². The number of hydrogen-bond donors (Lipinski definition) is 0. The maximum atomic E-state index is 12.4. The number of amides is 1. The second-order valence-electron chi connectivity index (χ2n) is 5.37. The summed E-state index contributed by atoms with van der Waals surface area (Å²) in [6.07, 6.45) is 1.13. The molecule has 1 amide bonds. The number of ether oxygens (including phenoxy) is 1. The van der Waals surface area contributed by atoms with Gasteiger partial charge >= 0.3 is 0 Å². The van der Waals surface area contributed by atoms with Crippen LogP contribution < -0.4 is 4.74 Å². The minimum atomic E-state index is -0.613. The number of likely N-dealkylation sites (tertiary alicyclic amines) is 1. The normalized spacial score (nSPS) is 13.7. The summed E-state index contributed by atoms with van der Waals surface area (Å²) in [7, 11) is 0. The van der Waals surface area contributed by atoms with Crippen LogP contribution in [0.15, 0.2) is 36.5 Å². The minimum Gasteiger partial charge on any atom is -0.471 e. The summed E-state index contributed by atoms with van der Waals surface area (Å²) in [4.78, 5) is 28.3. The van der Waals surface area contributed by atoms with Crippen LogP contribution in [-0.4, -0.2) is 39.9 Å². The summed E-state index contributed by atoms with van der Waals surface area (Å²) < 4.78 is 5.59. The first-order valence-corrected chi connectivity index (χ1v) is 7.62. The monoisotopic (exact) mass is 358 g/mol. The Hall–Kier alpha value is -3.18. The second kappa shape index (κ2) is 6.75. The molecule has 0 saturated carbocycles. The molecule has 0 aliphatic carbocycles. The van der Waals surface area contributed by atoms with Gasteiger partial charge < -0.3 is 9.64 Å². The van der Waals surface area contributed by atoms with Crippen LogP contribution in [-0.2, 0) is 0 Å². The highest BCUT2D eigenvalue weighted by Crippen LogP contribution is 2.26. The van der Waals surface area contributed by atoms with Crippen LogP contribution in [0.2, 0.25) is 5.02 Å². The van der Waals surface area contributed by atoms with Crippen LogP contribution >= 0.6 is 11.6 Å². The fraction of sp³-hybridized carbons (Fsp3) is 0.188. The van der Waals surface area contributed by atoms with E-state index in [-0.39, 0.29) is 35.5 Å². The molecular formula is C16H11ClN4O4. The highest BCUT2D eigenvalue weighted by atomic mass is 35.5. The van der Waals surface area contributed by atoms with Gasteiger partial charge in [0, 0.05) is 23.4 Å². The highest BCUT2D eigenvalue weighted by Gasteiger charge is 2.35. The van der Waals surface area contributed by atoms with Crippen molar-refractivity contribution >= 4 is 23.2 Å². The maximum Gasteiger partial charge on any atom is 0.282 e. The van der Waals surface area contributed by atoms with Gasteiger partial charge in [0.25, 0.3) is 11.6 Å². The molecule has 2 heterocycles. The first-order chi connectivity index (χ1) is 12.0. The van der Waals surface area contributed by atoms with Crippen LogP contribution in [0.5, 0.6) is 5.88 Å². The Morgan fingerprint density at radius 2 is 2.16 bits per heavy atom. The number of carbonyl (C=O) groups excluding carboxylic acids is 1. The number of nitro benzene ring substituents is 1. The van der Waals surface area contributed by atoms with Gasteiger partial charge in [-0.15, -0.1) is 0 Å². The van der Waals surface area contributed by atoms with E-state index in [4.69, 9.17) is 21.6 Å². The molecule has 0 unspecified atom stereocenters. The molecule has 2 aromatic rings. The van der Waals surface area contributed by atoms with Crippen molar-refractivity contribution in [1.29, 1.82) is 5.26 Å². The lowest BCUT2D eigenvalue weighted by Gasteiger charge is -2.38. The molecule has 1 aromatic heterocycles. The van der Waals surface area contributed by atoms with E-state index in [9.17, 15) is 14.9 Å². The number of aromatic nitrogens is 1. The molecule has 0 N–H and O–H groups in total. The number of pyridine rings is 1. The number of nitro groups is 1. The van der Waals surface area contributed by atoms with Crippen LogP contribution in [0.25, 0.3) is 0 Å². The number of nitrogens with zero attached hydrogens (tertiary/aromatic N) is 4. The number of nitriles is 1. The van der Waals surface area contributed by atoms with Gasteiger partial charge in [-0.3, -0.25) is 14.9 Å². The van der Waals surface area contributed by atoms with E-state index >= 15 is 0 Å².